The lowest BCUT2D eigenvalue weighted by Gasteiger charge is -2.06. The van der Waals surface area contributed by atoms with E-state index in [9.17, 15) is 9.59 Å². The maximum absolute atomic E-state index is 12.4. The number of anilines is 1. The fourth-order valence-electron chi connectivity index (χ4n) is 2.24. The van der Waals surface area contributed by atoms with Gasteiger partial charge in [-0.25, -0.2) is 0 Å². The zero-order valence-electron chi connectivity index (χ0n) is 13.8. The molecule has 3 rings (SSSR count). The molecule has 0 aliphatic heterocycles. The average molecular weight is 343 g/mol. The number of hydrogen-bond acceptors (Lipinski definition) is 6. The highest BCUT2D eigenvalue weighted by Gasteiger charge is 2.16. The number of hydrogen-bond donors (Lipinski definition) is 1. The number of aryl methyl sites for hydroxylation is 2. The summed E-state index contributed by atoms with van der Waals surface area (Å²) in [5.74, 6) is -0.318. The van der Waals surface area contributed by atoms with Crippen LogP contribution in [0.3, 0.4) is 0 Å². The summed E-state index contributed by atoms with van der Waals surface area (Å²) < 4.78 is 5.69. The van der Waals surface area contributed by atoms with E-state index in [0.717, 1.165) is 16.1 Å². The maximum Gasteiger partial charge on any atom is 0.293 e. The first-order valence-corrected chi connectivity index (χ1v) is 8.37. The van der Waals surface area contributed by atoms with E-state index in [1.165, 1.54) is 17.4 Å². The van der Waals surface area contributed by atoms with Gasteiger partial charge in [0.2, 0.25) is 5.13 Å². The lowest BCUT2D eigenvalue weighted by Crippen LogP contribution is -2.15. The van der Waals surface area contributed by atoms with Crippen molar-refractivity contribution in [1.82, 2.24) is 10.2 Å². The molecular weight excluding hydrogens is 326 g/mol. The van der Waals surface area contributed by atoms with Gasteiger partial charge in [0.05, 0.1) is 5.39 Å². The number of fused-ring (bicyclic) bond motifs is 1. The third kappa shape index (κ3) is 2.94. The van der Waals surface area contributed by atoms with Crippen LogP contribution in [0.1, 0.15) is 46.5 Å². The molecule has 6 nitrogen and oxygen atoms in total. The molecule has 0 bridgehead atoms. The minimum atomic E-state index is -0.513. The molecule has 0 spiro atoms. The number of aromatic nitrogens is 2. The Kier molecular flexibility index (Phi) is 4.19. The predicted octanol–water partition coefficient (Wildman–Crippen LogP) is 3.64. The molecule has 0 radical (unpaired) electrons. The normalized spacial score (nSPS) is 11.2. The van der Waals surface area contributed by atoms with Crippen molar-refractivity contribution in [3.05, 3.63) is 50.3 Å². The predicted molar refractivity (Wildman–Crippen MR) is 93.9 cm³/mol. The van der Waals surface area contributed by atoms with Crippen LogP contribution in [0, 0.1) is 13.8 Å². The highest BCUT2D eigenvalue weighted by atomic mass is 32.1. The minimum Gasteiger partial charge on any atom is -0.450 e. The Labute approximate surface area is 142 Å². The second-order valence-corrected chi connectivity index (χ2v) is 6.92. The molecule has 3 aromatic rings. The number of carbonyl (C=O) groups is 1. The van der Waals surface area contributed by atoms with Crippen molar-refractivity contribution >= 4 is 33.3 Å². The van der Waals surface area contributed by atoms with Gasteiger partial charge in [-0.15, -0.1) is 10.2 Å². The van der Waals surface area contributed by atoms with Gasteiger partial charge < -0.3 is 4.42 Å². The summed E-state index contributed by atoms with van der Waals surface area (Å²) in [7, 11) is 0. The lowest BCUT2D eigenvalue weighted by atomic mass is 10.1. The fraction of sp³-hybridized carbons (Fsp3) is 0.294. The van der Waals surface area contributed by atoms with Crippen molar-refractivity contribution in [2.75, 3.05) is 5.32 Å². The maximum atomic E-state index is 12.4. The van der Waals surface area contributed by atoms with Crippen LogP contribution in [0.4, 0.5) is 5.13 Å². The van der Waals surface area contributed by atoms with E-state index in [1.54, 1.807) is 6.07 Å². The van der Waals surface area contributed by atoms with E-state index in [0.29, 0.717) is 16.1 Å². The molecule has 0 saturated carbocycles. The molecular formula is C17H17N3O3S. The first kappa shape index (κ1) is 16.3. The van der Waals surface area contributed by atoms with Crippen molar-refractivity contribution < 1.29 is 9.21 Å². The third-order valence-electron chi connectivity index (χ3n) is 3.80. The second kappa shape index (κ2) is 6.16. The SMILES string of the molecule is Cc1ccc2c(=O)cc(C(=O)Nc3nnc(C(C)C)s3)oc2c1C. The number of rotatable bonds is 3. The van der Waals surface area contributed by atoms with Crippen LogP contribution >= 0.6 is 11.3 Å². The Morgan fingerprint density at radius 3 is 2.67 bits per heavy atom. The number of benzene rings is 1. The third-order valence-corrected chi connectivity index (χ3v) is 4.93. The molecule has 2 aromatic heterocycles. The molecule has 1 N–H and O–H groups in total. The molecule has 1 amide bonds. The number of carbonyl (C=O) groups excluding carboxylic acids is 1. The summed E-state index contributed by atoms with van der Waals surface area (Å²) in [5.41, 5.74) is 2.03. The Bertz CT molecular complexity index is 988. The van der Waals surface area contributed by atoms with E-state index in [4.69, 9.17) is 4.42 Å². The number of amides is 1. The van der Waals surface area contributed by atoms with Crippen LogP contribution in [-0.4, -0.2) is 16.1 Å². The van der Waals surface area contributed by atoms with Crippen LogP contribution in [0.15, 0.2) is 27.4 Å². The quantitative estimate of drug-likeness (QED) is 0.785. The molecule has 1 aromatic carbocycles. The van der Waals surface area contributed by atoms with Gasteiger partial charge in [-0.3, -0.25) is 14.9 Å². The molecule has 2 heterocycles. The second-order valence-electron chi connectivity index (χ2n) is 5.91. The van der Waals surface area contributed by atoms with Crippen LogP contribution in [0.5, 0.6) is 0 Å². The standard InChI is InChI=1S/C17H17N3O3S/c1-8(2)16-19-20-17(24-16)18-15(22)13-7-12(21)11-6-5-9(3)10(4)14(11)23-13/h5-8H,1-4H3,(H,18,20,22). The summed E-state index contributed by atoms with van der Waals surface area (Å²) in [5, 5.41) is 12.3. The number of nitrogens with zero attached hydrogens (tertiary/aromatic N) is 2. The summed E-state index contributed by atoms with van der Waals surface area (Å²) in [6.07, 6.45) is 0. The molecule has 124 valence electrons. The molecule has 0 fully saturated rings. The molecule has 0 atom stereocenters. The van der Waals surface area contributed by atoms with Gasteiger partial charge in [0.1, 0.15) is 10.6 Å². The van der Waals surface area contributed by atoms with Gasteiger partial charge in [0.25, 0.3) is 5.91 Å². The summed E-state index contributed by atoms with van der Waals surface area (Å²) >= 11 is 1.30. The van der Waals surface area contributed by atoms with E-state index >= 15 is 0 Å². The highest BCUT2D eigenvalue weighted by Crippen LogP contribution is 2.24. The van der Waals surface area contributed by atoms with Gasteiger partial charge in [0.15, 0.2) is 11.2 Å². The van der Waals surface area contributed by atoms with Gasteiger partial charge >= 0.3 is 0 Å². The van der Waals surface area contributed by atoms with E-state index in [2.05, 4.69) is 15.5 Å². The monoisotopic (exact) mass is 343 g/mol. The first-order valence-electron chi connectivity index (χ1n) is 7.55. The lowest BCUT2D eigenvalue weighted by molar-refractivity contribution is 0.0997. The van der Waals surface area contributed by atoms with Gasteiger partial charge in [-0.05, 0) is 31.0 Å². The molecule has 0 saturated heterocycles. The largest absolute Gasteiger partial charge is 0.450 e. The van der Waals surface area contributed by atoms with Crippen molar-refractivity contribution in [1.29, 1.82) is 0 Å². The molecule has 7 heteroatoms. The average Bonchev–Trinajstić information content (AvgIpc) is 3.00. The van der Waals surface area contributed by atoms with Crippen LogP contribution in [-0.2, 0) is 0 Å². The zero-order chi connectivity index (χ0) is 17.4. The minimum absolute atomic E-state index is 0.0394. The van der Waals surface area contributed by atoms with E-state index < -0.39 is 5.91 Å². The fourth-order valence-corrected chi connectivity index (χ4v) is 2.98. The van der Waals surface area contributed by atoms with E-state index in [1.807, 2.05) is 33.8 Å². The molecule has 0 unspecified atom stereocenters. The van der Waals surface area contributed by atoms with Crippen LogP contribution in [0.25, 0.3) is 11.0 Å². The topological polar surface area (TPSA) is 85.1 Å². The van der Waals surface area contributed by atoms with E-state index in [-0.39, 0.29) is 17.1 Å². The zero-order valence-corrected chi connectivity index (χ0v) is 14.7. The van der Waals surface area contributed by atoms with Crippen LogP contribution in [0.2, 0.25) is 0 Å². The Hall–Kier alpha value is -2.54. The molecule has 0 aliphatic rings. The highest BCUT2D eigenvalue weighted by molar-refractivity contribution is 7.15. The summed E-state index contributed by atoms with van der Waals surface area (Å²) in [4.78, 5) is 24.6. The van der Waals surface area contributed by atoms with Crippen LogP contribution < -0.4 is 10.7 Å². The van der Waals surface area contributed by atoms with Crippen molar-refractivity contribution in [3.63, 3.8) is 0 Å². The van der Waals surface area contributed by atoms with Gasteiger partial charge in [0, 0.05) is 12.0 Å². The molecule has 24 heavy (non-hydrogen) atoms. The van der Waals surface area contributed by atoms with Crippen molar-refractivity contribution in [3.8, 4) is 0 Å². The smallest absolute Gasteiger partial charge is 0.293 e. The Balaban J connectivity index is 1.97. The first-order chi connectivity index (χ1) is 11.4. The Morgan fingerprint density at radius 1 is 1.25 bits per heavy atom. The van der Waals surface area contributed by atoms with Crippen molar-refractivity contribution in [2.45, 2.75) is 33.6 Å². The number of nitrogens with one attached hydrogen (secondary N) is 1. The summed E-state index contributed by atoms with van der Waals surface area (Å²) in [6.45, 7) is 7.79. The summed E-state index contributed by atoms with van der Waals surface area (Å²) in [6, 6.07) is 4.78. The molecule has 0 aliphatic carbocycles. The van der Waals surface area contributed by atoms with Gasteiger partial charge in [-0.2, -0.15) is 0 Å². The van der Waals surface area contributed by atoms with Gasteiger partial charge in [-0.1, -0.05) is 31.3 Å². The Morgan fingerprint density at radius 2 is 2.00 bits per heavy atom. The van der Waals surface area contributed by atoms with Crippen molar-refractivity contribution in [2.24, 2.45) is 0 Å².